The van der Waals surface area contributed by atoms with Crippen LogP contribution in [-0.4, -0.2) is 36.8 Å². The number of ether oxygens (including phenoxy) is 1. The minimum absolute atomic E-state index is 0.132. The highest BCUT2D eigenvalue weighted by molar-refractivity contribution is 7.15. The van der Waals surface area contributed by atoms with Gasteiger partial charge in [0.2, 0.25) is 0 Å². The SMILES string of the molecule is COC1CCN(c2nc(C(C)C)c(CNC(C)(C)C)s2)C1. The average molecular weight is 311 g/mol. The summed E-state index contributed by atoms with van der Waals surface area (Å²) in [7, 11) is 1.80. The first-order valence-electron chi connectivity index (χ1n) is 7.82. The van der Waals surface area contributed by atoms with Gasteiger partial charge in [0, 0.05) is 37.2 Å². The highest BCUT2D eigenvalue weighted by Crippen LogP contribution is 2.33. The normalized spacial score (nSPS) is 19.8. The number of methoxy groups -OCH3 is 1. The van der Waals surface area contributed by atoms with Crippen molar-refractivity contribution in [3.8, 4) is 0 Å². The van der Waals surface area contributed by atoms with Crippen molar-refractivity contribution in [1.29, 1.82) is 0 Å². The van der Waals surface area contributed by atoms with Gasteiger partial charge in [-0.1, -0.05) is 13.8 Å². The summed E-state index contributed by atoms with van der Waals surface area (Å²) < 4.78 is 5.46. The highest BCUT2D eigenvalue weighted by atomic mass is 32.1. The fourth-order valence-corrected chi connectivity index (χ4v) is 3.69. The Hall–Kier alpha value is -0.650. The minimum atomic E-state index is 0.132. The molecule has 120 valence electrons. The number of anilines is 1. The van der Waals surface area contributed by atoms with E-state index in [0.29, 0.717) is 12.0 Å². The number of nitrogens with zero attached hydrogens (tertiary/aromatic N) is 2. The molecule has 0 radical (unpaired) electrons. The second-order valence-corrected chi connectivity index (χ2v) is 8.22. The lowest BCUT2D eigenvalue weighted by atomic mass is 10.1. The second-order valence-electron chi connectivity index (χ2n) is 7.16. The Kier molecular flexibility index (Phi) is 5.28. The summed E-state index contributed by atoms with van der Waals surface area (Å²) >= 11 is 1.84. The van der Waals surface area contributed by atoms with Gasteiger partial charge < -0.3 is 15.0 Å². The van der Waals surface area contributed by atoms with Gasteiger partial charge in [-0.2, -0.15) is 0 Å². The van der Waals surface area contributed by atoms with E-state index in [-0.39, 0.29) is 5.54 Å². The topological polar surface area (TPSA) is 37.4 Å². The van der Waals surface area contributed by atoms with Crippen molar-refractivity contribution in [3.63, 3.8) is 0 Å². The molecule has 1 atom stereocenters. The molecule has 4 nitrogen and oxygen atoms in total. The smallest absolute Gasteiger partial charge is 0.185 e. The van der Waals surface area contributed by atoms with Crippen molar-refractivity contribution in [2.24, 2.45) is 0 Å². The fraction of sp³-hybridized carbons (Fsp3) is 0.812. The van der Waals surface area contributed by atoms with Crippen LogP contribution in [0.25, 0.3) is 0 Å². The van der Waals surface area contributed by atoms with E-state index in [2.05, 4.69) is 44.8 Å². The number of nitrogens with one attached hydrogen (secondary N) is 1. The Balaban J connectivity index is 2.13. The predicted molar refractivity (Wildman–Crippen MR) is 90.4 cm³/mol. The lowest BCUT2D eigenvalue weighted by Crippen LogP contribution is -2.35. The van der Waals surface area contributed by atoms with Crippen LogP contribution in [0.4, 0.5) is 5.13 Å². The molecule has 21 heavy (non-hydrogen) atoms. The quantitative estimate of drug-likeness (QED) is 0.904. The van der Waals surface area contributed by atoms with Crippen LogP contribution in [0.1, 0.15) is 57.5 Å². The molecule has 2 rings (SSSR count). The molecule has 0 spiro atoms. The molecule has 1 aliphatic heterocycles. The molecule has 0 bridgehead atoms. The molecule has 5 heteroatoms. The number of thiazole rings is 1. The van der Waals surface area contributed by atoms with Crippen LogP contribution in [0.3, 0.4) is 0 Å². The molecule has 0 amide bonds. The molecule has 0 aliphatic carbocycles. The zero-order valence-corrected chi connectivity index (χ0v) is 15.0. The summed E-state index contributed by atoms with van der Waals surface area (Å²) in [6.45, 7) is 14.0. The molecular formula is C16H29N3OS. The largest absolute Gasteiger partial charge is 0.380 e. The van der Waals surface area contributed by atoms with Crippen molar-refractivity contribution in [1.82, 2.24) is 10.3 Å². The Morgan fingerprint density at radius 1 is 1.43 bits per heavy atom. The molecule has 1 aliphatic rings. The summed E-state index contributed by atoms with van der Waals surface area (Å²) in [6.07, 6.45) is 1.45. The van der Waals surface area contributed by atoms with Crippen LogP contribution < -0.4 is 10.2 Å². The van der Waals surface area contributed by atoms with E-state index >= 15 is 0 Å². The Morgan fingerprint density at radius 2 is 2.14 bits per heavy atom. The highest BCUT2D eigenvalue weighted by Gasteiger charge is 2.26. The molecule has 1 aromatic heterocycles. The van der Waals surface area contributed by atoms with E-state index in [4.69, 9.17) is 9.72 Å². The van der Waals surface area contributed by atoms with Gasteiger partial charge >= 0.3 is 0 Å². The summed E-state index contributed by atoms with van der Waals surface area (Å²) in [5.74, 6) is 0.465. The van der Waals surface area contributed by atoms with Crippen LogP contribution in [0, 0.1) is 0 Å². The first-order valence-corrected chi connectivity index (χ1v) is 8.64. The minimum Gasteiger partial charge on any atom is -0.380 e. The Labute approximate surface area is 132 Å². The van der Waals surface area contributed by atoms with Gasteiger partial charge in [0.1, 0.15) is 0 Å². The monoisotopic (exact) mass is 311 g/mol. The summed E-state index contributed by atoms with van der Waals surface area (Å²) in [4.78, 5) is 8.65. The van der Waals surface area contributed by atoms with Gasteiger partial charge in [-0.3, -0.25) is 0 Å². The zero-order valence-electron chi connectivity index (χ0n) is 14.2. The lowest BCUT2D eigenvalue weighted by molar-refractivity contribution is 0.121. The van der Waals surface area contributed by atoms with E-state index in [1.54, 1.807) is 7.11 Å². The van der Waals surface area contributed by atoms with Crippen LogP contribution >= 0.6 is 11.3 Å². The Bertz CT molecular complexity index is 465. The van der Waals surface area contributed by atoms with E-state index in [9.17, 15) is 0 Å². The second kappa shape index (κ2) is 6.63. The maximum absolute atomic E-state index is 5.46. The van der Waals surface area contributed by atoms with Crippen LogP contribution in [-0.2, 0) is 11.3 Å². The maximum atomic E-state index is 5.46. The van der Waals surface area contributed by atoms with Crippen LogP contribution in [0.5, 0.6) is 0 Å². The van der Waals surface area contributed by atoms with Crippen molar-refractivity contribution in [2.45, 2.75) is 65.1 Å². The molecule has 1 saturated heterocycles. The predicted octanol–water partition coefficient (Wildman–Crippen LogP) is 3.38. The van der Waals surface area contributed by atoms with Gasteiger partial charge in [-0.25, -0.2) is 4.98 Å². The molecule has 1 unspecified atom stereocenters. The summed E-state index contributed by atoms with van der Waals surface area (Å²) in [5.41, 5.74) is 1.38. The Morgan fingerprint density at radius 3 is 2.67 bits per heavy atom. The van der Waals surface area contributed by atoms with Gasteiger partial charge in [-0.15, -0.1) is 11.3 Å². The van der Waals surface area contributed by atoms with Crippen molar-refractivity contribution < 1.29 is 4.74 Å². The first kappa shape index (κ1) is 16.7. The van der Waals surface area contributed by atoms with Gasteiger partial charge in [0.25, 0.3) is 0 Å². The van der Waals surface area contributed by atoms with Crippen LogP contribution in [0.15, 0.2) is 0 Å². The number of hydrogen-bond donors (Lipinski definition) is 1. The molecule has 1 N–H and O–H groups in total. The van der Waals surface area contributed by atoms with E-state index in [1.807, 2.05) is 11.3 Å². The van der Waals surface area contributed by atoms with E-state index in [1.165, 1.54) is 10.6 Å². The molecular weight excluding hydrogens is 282 g/mol. The van der Waals surface area contributed by atoms with E-state index < -0.39 is 0 Å². The van der Waals surface area contributed by atoms with Crippen molar-refractivity contribution in [3.05, 3.63) is 10.6 Å². The van der Waals surface area contributed by atoms with Gasteiger partial charge in [0.15, 0.2) is 5.13 Å². The molecule has 0 saturated carbocycles. The summed E-state index contributed by atoms with van der Waals surface area (Å²) in [6, 6.07) is 0. The van der Waals surface area contributed by atoms with Crippen LogP contribution in [0.2, 0.25) is 0 Å². The third-order valence-electron chi connectivity index (χ3n) is 3.79. The lowest BCUT2D eigenvalue weighted by Gasteiger charge is -2.20. The maximum Gasteiger partial charge on any atom is 0.185 e. The first-order chi connectivity index (χ1) is 9.80. The third-order valence-corrected chi connectivity index (χ3v) is 4.92. The van der Waals surface area contributed by atoms with Crippen molar-refractivity contribution in [2.75, 3.05) is 25.1 Å². The zero-order chi connectivity index (χ0) is 15.6. The molecule has 1 aromatic rings. The van der Waals surface area contributed by atoms with Gasteiger partial charge in [-0.05, 0) is 33.1 Å². The molecule has 0 aromatic carbocycles. The number of hydrogen-bond acceptors (Lipinski definition) is 5. The fourth-order valence-electron chi connectivity index (χ4n) is 2.50. The average Bonchev–Trinajstić information content (AvgIpc) is 3.01. The van der Waals surface area contributed by atoms with Gasteiger partial charge in [0.05, 0.1) is 11.8 Å². The third kappa shape index (κ3) is 4.41. The van der Waals surface area contributed by atoms with E-state index in [0.717, 1.165) is 31.2 Å². The number of rotatable bonds is 5. The molecule has 1 fully saturated rings. The number of aromatic nitrogens is 1. The molecule has 2 heterocycles. The summed E-state index contributed by atoms with van der Waals surface area (Å²) in [5, 5.41) is 4.74. The standard InChI is InChI=1S/C16H29N3OS/c1-11(2)14-13(9-17-16(3,4)5)21-15(18-14)19-8-7-12(10-19)20-6/h11-12,17H,7-10H2,1-6H3. The van der Waals surface area contributed by atoms with Crippen molar-refractivity contribution >= 4 is 16.5 Å².